The molecule has 0 bridgehead atoms. The molecule has 37 heavy (non-hydrogen) atoms. The van der Waals surface area contributed by atoms with Crippen LogP contribution in [0.4, 0.5) is 11.4 Å². The topological polar surface area (TPSA) is 79.8 Å². The fraction of sp³-hybridized carbons (Fsp3) is 0.387. The summed E-state index contributed by atoms with van der Waals surface area (Å²) in [6, 6.07) is 12.5. The van der Waals surface area contributed by atoms with Gasteiger partial charge in [-0.3, -0.25) is 0 Å². The third-order valence-electron chi connectivity index (χ3n) is 7.00. The zero-order valence-electron chi connectivity index (χ0n) is 23.1. The summed E-state index contributed by atoms with van der Waals surface area (Å²) in [6.07, 6.45) is -1.14. The van der Waals surface area contributed by atoms with E-state index in [1.54, 1.807) is 0 Å². The normalized spacial score (nSPS) is 13.8. The second-order valence-corrected chi connectivity index (χ2v) is 10.8. The monoisotopic (exact) mass is 502 g/mol. The molecule has 6 nitrogen and oxygen atoms in total. The van der Waals surface area contributed by atoms with Gasteiger partial charge in [-0.2, -0.15) is 0 Å². The maximum atomic E-state index is 12.7. The van der Waals surface area contributed by atoms with E-state index in [9.17, 15) is 9.90 Å². The first-order valence-corrected chi connectivity index (χ1v) is 12.8. The van der Waals surface area contributed by atoms with E-state index >= 15 is 0 Å². The van der Waals surface area contributed by atoms with Crippen LogP contribution in [0.5, 0.6) is 5.75 Å². The van der Waals surface area contributed by atoms with E-state index in [1.165, 1.54) is 11.1 Å². The summed E-state index contributed by atoms with van der Waals surface area (Å²) in [6.45, 7) is 15.3. The summed E-state index contributed by atoms with van der Waals surface area (Å²) >= 11 is 0. The van der Waals surface area contributed by atoms with Gasteiger partial charge in [-0.25, -0.2) is 4.79 Å². The van der Waals surface area contributed by atoms with Gasteiger partial charge in [0.2, 0.25) is 0 Å². The molecule has 6 heteroatoms. The van der Waals surface area contributed by atoms with Gasteiger partial charge in [-0.15, -0.1) is 0 Å². The molecule has 0 spiro atoms. The summed E-state index contributed by atoms with van der Waals surface area (Å²) in [4.78, 5) is 12.7. The van der Waals surface area contributed by atoms with Gasteiger partial charge in [0.25, 0.3) is 0 Å². The van der Waals surface area contributed by atoms with Crippen molar-refractivity contribution in [2.24, 2.45) is 0 Å². The maximum absolute atomic E-state index is 12.7. The molecule has 1 unspecified atom stereocenters. The average molecular weight is 503 g/mol. The SMILES string of the molecule is CNc1c(C)c(C(OC(C)(C)C)C(=O)O)c(-c2ccc3c(c2)NCCO3)c(C)c1-c1ccc(C)c(C)c1. The minimum Gasteiger partial charge on any atom is -0.490 e. The van der Waals surface area contributed by atoms with Crippen molar-refractivity contribution in [3.05, 3.63) is 64.2 Å². The van der Waals surface area contributed by atoms with Gasteiger partial charge < -0.3 is 25.2 Å². The first-order chi connectivity index (χ1) is 17.4. The fourth-order valence-electron chi connectivity index (χ4n) is 5.18. The van der Waals surface area contributed by atoms with Crippen molar-refractivity contribution in [3.8, 4) is 28.0 Å². The second kappa shape index (κ2) is 10.1. The van der Waals surface area contributed by atoms with Gasteiger partial charge in [-0.1, -0.05) is 24.3 Å². The molecule has 0 amide bonds. The van der Waals surface area contributed by atoms with Gasteiger partial charge in [0, 0.05) is 30.4 Å². The molecule has 0 aliphatic carbocycles. The Balaban J connectivity index is 2.10. The van der Waals surface area contributed by atoms with Crippen LogP contribution in [0.25, 0.3) is 22.3 Å². The first kappa shape index (κ1) is 26.6. The van der Waals surface area contributed by atoms with Crippen LogP contribution in [0.2, 0.25) is 0 Å². The number of carbonyl (C=O) groups is 1. The predicted octanol–water partition coefficient (Wildman–Crippen LogP) is 7.04. The molecule has 4 rings (SSSR count). The van der Waals surface area contributed by atoms with Crippen LogP contribution in [0.3, 0.4) is 0 Å². The summed E-state index contributed by atoms with van der Waals surface area (Å²) in [5.41, 5.74) is 10.0. The fourth-order valence-corrected chi connectivity index (χ4v) is 5.18. The molecule has 3 aromatic carbocycles. The van der Waals surface area contributed by atoms with Crippen LogP contribution in [0, 0.1) is 27.7 Å². The largest absolute Gasteiger partial charge is 0.490 e. The Hall–Kier alpha value is -3.51. The lowest BCUT2D eigenvalue weighted by molar-refractivity contribution is -0.160. The zero-order chi connectivity index (χ0) is 27.1. The molecule has 3 N–H and O–H groups in total. The lowest BCUT2D eigenvalue weighted by atomic mass is 9.82. The lowest BCUT2D eigenvalue weighted by Crippen LogP contribution is -2.28. The molecule has 0 saturated carbocycles. The van der Waals surface area contributed by atoms with Crippen LogP contribution in [-0.2, 0) is 9.53 Å². The van der Waals surface area contributed by atoms with Gasteiger partial charge in [0.1, 0.15) is 12.4 Å². The molecule has 1 aliphatic rings. The Bertz CT molecular complexity index is 1350. The Morgan fingerprint density at radius 3 is 2.30 bits per heavy atom. The van der Waals surface area contributed by atoms with E-state index in [1.807, 2.05) is 46.9 Å². The Morgan fingerprint density at radius 2 is 1.68 bits per heavy atom. The van der Waals surface area contributed by atoms with Crippen LogP contribution >= 0.6 is 0 Å². The quantitative estimate of drug-likeness (QED) is 0.335. The first-order valence-electron chi connectivity index (χ1n) is 12.8. The number of hydrogen-bond donors (Lipinski definition) is 3. The van der Waals surface area contributed by atoms with Gasteiger partial charge >= 0.3 is 5.97 Å². The number of rotatable bonds is 6. The third-order valence-corrected chi connectivity index (χ3v) is 7.00. The van der Waals surface area contributed by atoms with E-state index in [4.69, 9.17) is 9.47 Å². The van der Waals surface area contributed by atoms with Crippen molar-refractivity contribution in [1.29, 1.82) is 0 Å². The molecular formula is C31H38N2O4. The molecule has 0 aromatic heterocycles. The maximum Gasteiger partial charge on any atom is 0.337 e. The number of hydrogen-bond acceptors (Lipinski definition) is 5. The van der Waals surface area contributed by atoms with Gasteiger partial charge in [0.15, 0.2) is 6.10 Å². The van der Waals surface area contributed by atoms with E-state index in [-0.39, 0.29) is 0 Å². The number of carboxylic acids is 1. The zero-order valence-corrected chi connectivity index (χ0v) is 23.1. The summed E-state index contributed by atoms with van der Waals surface area (Å²) in [5.74, 6) is -0.216. The minimum absolute atomic E-state index is 0.615. The standard InChI is InChI=1S/C31H38N2O4/c1-17-9-10-21(15-18(17)2)26-19(3)25(22-11-12-24-23(16-22)33-13-14-36-24)27(20(4)28(26)32-8)29(30(34)35)37-31(5,6)7/h9-12,15-16,29,32-33H,13-14H2,1-8H3,(H,34,35). The molecular weight excluding hydrogens is 464 g/mol. The number of ether oxygens (including phenoxy) is 2. The molecule has 1 heterocycles. The molecule has 1 atom stereocenters. The molecule has 196 valence electrons. The highest BCUT2D eigenvalue weighted by atomic mass is 16.5. The van der Waals surface area contributed by atoms with Crippen LogP contribution in [-0.4, -0.2) is 36.9 Å². The highest BCUT2D eigenvalue weighted by Crippen LogP contribution is 2.47. The Labute approximate surface area is 220 Å². The lowest BCUT2D eigenvalue weighted by Gasteiger charge is -2.31. The van der Waals surface area contributed by atoms with Crippen LogP contribution < -0.4 is 15.4 Å². The van der Waals surface area contributed by atoms with Gasteiger partial charge in [0.05, 0.1) is 11.3 Å². The third kappa shape index (κ3) is 5.16. The summed E-state index contributed by atoms with van der Waals surface area (Å²) < 4.78 is 12.0. The van der Waals surface area contributed by atoms with Crippen molar-refractivity contribution in [2.75, 3.05) is 30.8 Å². The summed E-state index contributed by atoms with van der Waals surface area (Å²) in [5, 5.41) is 17.2. The molecule has 0 saturated heterocycles. The van der Waals surface area contributed by atoms with Crippen molar-refractivity contribution < 1.29 is 19.4 Å². The highest BCUT2D eigenvalue weighted by Gasteiger charge is 2.34. The Kier molecular flexibility index (Phi) is 7.24. The van der Waals surface area contributed by atoms with Crippen LogP contribution in [0.1, 0.15) is 54.7 Å². The molecule has 0 radical (unpaired) electrons. The van der Waals surface area contributed by atoms with E-state index in [0.717, 1.165) is 57.0 Å². The highest BCUT2D eigenvalue weighted by molar-refractivity contribution is 5.94. The second-order valence-electron chi connectivity index (χ2n) is 10.8. The average Bonchev–Trinajstić information content (AvgIpc) is 2.84. The van der Waals surface area contributed by atoms with Gasteiger partial charge in [-0.05, 0) is 99.5 Å². The van der Waals surface area contributed by atoms with E-state index < -0.39 is 17.7 Å². The minimum atomic E-state index is -1.14. The van der Waals surface area contributed by atoms with Crippen molar-refractivity contribution >= 4 is 17.3 Å². The van der Waals surface area contributed by atoms with Crippen LogP contribution in [0.15, 0.2) is 36.4 Å². The van der Waals surface area contributed by atoms with Crippen molar-refractivity contribution in [2.45, 2.75) is 60.2 Å². The molecule has 1 aliphatic heterocycles. The molecule has 3 aromatic rings. The number of anilines is 2. The molecule has 0 fully saturated rings. The predicted molar refractivity (Wildman–Crippen MR) is 151 cm³/mol. The number of carboxylic acid groups (broad SMARTS) is 1. The Morgan fingerprint density at radius 1 is 1.00 bits per heavy atom. The summed E-state index contributed by atoms with van der Waals surface area (Å²) in [7, 11) is 1.89. The van der Waals surface area contributed by atoms with E-state index in [2.05, 4.69) is 55.7 Å². The van der Waals surface area contributed by atoms with Crippen molar-refractivity contribution in [1.82, 2.24) is 0 Å². The van der Waals surface area contributed by atoms with E-state index in [0.29, 0.717) is 12.2 Å². The number of nitrogens with one attached hydrogen (secondary N) is 2. The number of aliphatic carboxylic acids is 1. The van der Waals surface area contributed by atoms with Crippen molar-refractivity contribution in [3.63, 3.8) is 0 Å². The number of fused-ring (bicyclic) bond motifs is 1. The number of benzene rings is 3. The number of aryl methyl sites for hydroxylation is 2. The smallest absolute Gasteiger partial charge is 0.337 e.